The normalized spacial score (nSPS) is 11.4. The number of benzene rings is 2. The van der Waals surface area contributed by atoms with Gasteiger partial charge in [0.15, 0.2) is 0 Å². The average Bonchev–Trinajstić information content (AvgIpc) is 2.97. The first-order valence-electron chi connectivity index (χ1n) is 9.95. The summed E-state index contributed by atoms with van der Waals surface area (Å²) in [6.45, 7) is 1.08. The lowest BCUT2D eigenvalue weighted by atomic mass is 10.1. The molecule has 0 aliphatic carbocycles. The first-order chi connectivity index (χ1) is 12.8. The van der Waals surface area contributed by atoms with E-state index in [1.165, 1.54) is 60.3 Å². The number of hydrogen-bond donors (Lipinski definition) is 1. The predicted octanol–water partition coefficient (Wildman–Crippen LogP) is 6.39. The minimum atomic E-state index is -0.671. The van der Waals surface area contributed by atoms with Crippen LogP contribution in [0.1, 0.15) is 57.8 Å². The second-order valence-corrected chi connectivity index (χ2v) is 7.16. The van der Waals surface area contributed by atoms with Crippen molar-refractivity contribution in [1.29, 1.82) is 0 Å². The van der Waals surface area contributed by atoms with Gasteiger partial charge in [0.25, 0.3) is 0 Å². The maximum atomic E-state index is 10.5. The van der Waals surface area contributed by atoms with E-state index in [9.17, 15) is 4.79 Å². The van der Waals surface area contributed by atoms with Crippen LogP contribution in [0.4, 0.5) is 0 Å². The molecule has 3 aromatic rings. The SMILES string of the molecule is O=C(O)CCCCCCCCCCn1c2ccccc2c2ccccc21. The van der Waals surface area contributed by atoms with Crippen molar-refractivity contribution in [2.45, 2.75) is 64.3 Å². The predicted molar refractivity (Wildman–Crippen MR) is 109 cm³/mol. The average molecular weight is 351 g/mol. The van der Waals surface area contributed by atoms with E-state index in [4.69, 9.17) is 5.11 Å². The molecule has 26 heavy (non-hydrogen) atoms. The van der Waals surface area contributed by atoms with Gasteiger partial charge in [0.2, 0.25) is 0 Å². The lowest BCUT2D eigenvalue weighted by molar-refractivity contribution is -0.137. The molecular weight excluding hydrogens is 322 g/mol. The Labute approximate surface area is 155 Å². The summed E-state index contributed by atoms with van der Waals surface area (Å²) >= 11 is 0. The van der Waals surface area contributed by atoms with Gasteiger partial charge < -0.3 is 9.67 Å². The number of aromatic nitrogens is 1. The molecule has 3 heteroatoms. The summed E-state index contributed by atoms with van der Waals surface area (Å²) in [7, 11) is 0. The number of rotatable bonds is 11. The minimum Gasteiger partial charge on any atom is -0.481 e. The van der Waals surface area contributed by atoms with Gasteiger partial charge in [-0.15, -0.1) is 0 Å². The van der Waals surface area contributed by atoms with Gasteiger partial charge in [-0.05, 0) is 25.0 Å². The second-order valence-electron chi connectivity index (χ2n) is 7.16. The van der Waals surface area contributed by atoms with Crippen molar-refractivity contribution in [3.63, 3.8) is 0 Å². The van der Waals surface area contributed by atoms with Crippen molar-refractivity contribution < 1.29 is 9.90 Å². The number of aryl methyl sites for hydroxylation is 1. The summed E-state index contributed by atoms with van der Waals surface area (Å²) in [6, 6.07) is 17.4. The van der Waals surface area contributed by atoms with Gasteiger partial charge in [0, 0.05) is 34.8 Å². The molecule has 0 atom stereocenters. The summed E-state index contributed by atoms with van der Waals surface area (Å²) in [5.74, 6) is -0.671. The van der Waals surface area contributed by atoms with Gasteiger partial charge >= 0.3 is 5.97 Å². The number of carboxylic acids is 1. The Morgan fingerprint density at radius 1 is 0.692 bits per heavy atom. The molecule has 0 amide bonds. The van der Waals surface area contributed by atoms with Crippen LogP contribution in [0.5, 0.6) is 0 Å². The van der Waals surface area contributed by atoms with E-state index in [-0.39, 0.29) is 0 Å². The zero-order valence-corrected chi connectivity index (χ0v) is 15.5. The highest BCUT2D eigenvalue weighted by Crippen LogP contribution is 2.29. The van der Waals surface area contributed by atoms with Crippen molar-refractivity contribution in [1.82, 2.24) is 4.57 Å². The van der Waals surface area contributed by atoms with Crippen LogP contribution in [0, 0.1) is 0 Å². The van der Waals surface area contributed by atoms with Crippen molar-refractivity contribution in [2.24, 2.45) is 0 Å². The highest BCUT2D eigenvalue weighted by atomic mass is 16.4. The molecule has 0 spiro atoms. The van der Waals surface area contributed by atoms with E-state index in [2.05, 4.69) is 53.1 Å². The number of carboxylic acid groups (broad SMARTS) is 1. The zero-order valence-electron chi connectivity index (χ0n) is 15.5. The lowest BCUT2D eigenvalue weighted by Gasteiger charge is -2.07. The number of unbranched alkanes of at least 4 members (excludes halogenated alkanes) is 7. The summed E-state index contributed by atoms with van der Waals surface area (Å²) in [5.41, 5.74) is 2.68. The molecule has 1 heterocycles. The number of nitrogens with zero attached hydrogens (tertiary/aromatic N) is 1. The highest BCUT2D eigenvalue weighted by Gasteiger charge is 2.08. The van der Waals surface area contributed by atoms with E-state index in [0.717, 1.165) is 19.4 Å². The van der Waals surface area contributed by atoms with E-state index < -0.39 is 5.97 Å². The van der Waals surface area contributed by atoms with Crippen LogP contribution in [0.2, 0.25) is 0 Å². The molecule has 138 valence electrons. The largest absolute Gasteiger partial charge is 0.481 e. The number of aliphatic carboxylic acids is 1. The fourth-order valence-electron chi connectivity index (χ4n) is 3.85. The Morgan fingerprint density at radius 2 is 1.15 bits per heavy atom. The van der Waals surface area contributed by atoms with Crippen LogP contribution < -0.4 is 0 Å². The Bertz CT molecular complexity index is 796. The summed E-state index contributed by atoms with van der Waals surface area (Å²) in [6.07, 6.45) is 9.60. The second kappa shape index (κ2) is 9.42. The molecule has 0 bridgehead atoms. The molecule has 3 rings (SSSR count). The van der Waals surface area contributed by atoms with Gasteiger partial charge in [0.05, 0.1) is 0 Å². The molecule has 1 aromatic heterocycles. The Hall–Kier alpha value is -2.29. The Balaban J connectivity index is 1.43. The van der Waals surface area contributed by atoms with Gasteiger partial charge in [0.1, 0.15) is 0 Å². The lowest BCUT2D eigenvalue weighted by Crippen LogP contribution is -1.97. The third kappa shape index (κ3) is 4.66. The Morgan fingerprint density at radius 3 is 1.69 bits per heavy atom. The van der Waals surface area contributed by atoms with Crippen molar-refractivity contribution in [3.05, 3.63) is 48.5 Å². The van der Waals surface area contributed by atoms with E-state index in [1.54, 1.807) is 0 Å². The van der Waals surface area contributed by atoms with Crippen LogP contribution in [-0.4, -0.2) is 15.6 Å². The fourth-order valence-corrected chi connectivity index (χ4v) is 3.85. The van der Waals surface area contributed by atoms with Crippen LogP contribution in [0.25, 0.3) is 21.8 Å². The van der Waals surface area contributed by atoms with Crippen LogP contribution in [-0.2, 0) is 11.3 Å². The maximum Gasteiger partial charge on any atom is 0.303 e. The molecule has 0 radical (unpaired) electrons. The molecule has 3 nitrogen and oxygen atoms in total. The monoisotopic (exact) mass is 351 g/mol. The molecule has 0 fully saturated rings. The first kappa shape index (κ1) is 18.5. The maximum absolute atomic E-state index is 10.5. The van der Waals surface area contributed by atoms with E-state index in [0.29, 0.717) is 6.42 Å². The van der Waals surface area contributed by atoms with Crippen LogP contribution in [0.15, 0.2) is 48.5 Å². The standard InChI is InChI=1S/C23H29NO2/c25-23(26)17-7-5-3-1-2-4-6-12-18-24-21-15-10-8-13-19(21)20-14-9-11-16-22(20)24/h8-11,13-16H,1-7,12,17-18H2,(H,25,26). The minimum absolute atomic E-state index is 0.318. The topological polar surface area (TPSA) is 42.2 Å². The summed E-state index contributed by atoms with van der Waals surface area (Å²) in [4.78, 5) is 10.5. The van der Waals surface area contributed by atoms with Crippen molar-refractivity contribution in [2.75, 3.05) is 0 Å². The number of hydrogen-bond acceptors (Lipinski definition) is 1. The molecular formula is C23H29NO2. The first-order valence-corrected chi connectivity index (χ1v) is 9.95. The zero-order chi connectivity index (χ0) is 18.2. The quantitative estimate of drug-likeness (QED) is 0.407. The van der Waals surface area contributed by atoms with Crippen molar-refractivity contribution in [3.8, 4) is 0 Å². The molecule has 2 aromatic carbocycles. The van der Waals surface area contributed by atoms with Gasteiger partial charge in [-0.25, -0.2) is 0 Å². The highest BCUT2D eigenvalue weighted by molar-refractivity contribution is 6.07. The molecule has 0 aliphatic heterocycles. The third-order valence-electron chi connectivity index (χ3n) is 5.20. The van der Waals surface area contributed by atoms with E-state index >= 15 is 0 Å². The molecule has 1 N–H and O–H groups in total. The van der Waals surface area contributed by atoms with Gasteiger partial charge in [-0.2, -0.15) is 0 Å². The van der Waals surface area contributed by atoms with Crippen LogP contribution in [0.3, 0.4) is 0 Å². The van der Waals surface area contributed by atoms with Gasteiger partial charge in [-0.3, -0.25) is 4.79 Å². The molecule has 0 unspecified atom stereocenters. The fraction of sp³-hybridized carbons (Fsp3) is 0.435. The molecule has 0 aliphatic rings. The van der Waals surface area contributed by atoms with Crippen LogP contribution >= 0.6 is 0 Å². The summed E-state index contributed by atoms with van der Waals surface area (Å²) < 4.78 is 2.47. The smallest absolute Gasteiger partial charge is 0.303 e. The number of fused-ring (bicyclic) bond motifs is 3. The number of carbonyl (C=O) groups is 1. The third-order valence-corrected chi connectivity index (χ3v) is 5.20. The summed E-state index contributed by atoms with van der Waals surface area (Å²) in [5, 5.41) is 11.3. The number of para-hydroxylation sites is 2. The molecule has 0 saturated carbocycles. The van der Waals surface area contributed by atoms with Crippen molar-refractivity contribution >= 4 is 27.8 Å². The Kier molecular flexibility index (Phi) is 6.70. The van der Waals surface area contributed by atoms with E-state index in [1.807, 2.05) is 0 Å². The molecule has 0 saturated heterocycles. The van der Waals surface area contributed by atoms with Gasteiger partial charge in [-0.1, -0.05) is 74.9 Å².